The van der Waals surface area contributed by atoms with Crippen LogP contribution in [0.15, 0.2) is 0 Å². The monoisotopic (exact) mass is 275 g/mol. The van der Waals surface area contributed by atoms with Gasteiger partial charge in [-0.1, -0.05) is 0 Å². The van der Waals surface area contributed by atoms with E-state index in [4.69, 9.17) is 9.84 Å². The minimum Gasteiger partial charge on any atom is -0.447 e. The minimum atomic E-state index is -0.593. The second-order valence-electron chi connectivity index (χ2n) is 3.79. The maximum atomic E-state index is 11.6. The van der Waals surface area contributed by atoms with Gasteiger partial charge in [0.1, 0.15) is 6.61 Å². The summed E-state index contributed by atoms with van der Waals surface area (Å²) in [6, 6.07) is 0. The van der Waals surface area contributed by atoms with E-state index in [2.05, 4.69) is 10.6 Å². The maximum absolute atomic E-state index is 11.6. The summed E-state index contributed by atoms with van der Waals surface area (Å²) in [5, 5.41) is 13.7. The van der Waals surface area contributed by atoms with Crippen LogP contribution >= 0.6 is 0 Å². The molecule has 110 valence electrons. The van der Waals surface area contributed by atoms with Crippen molar-refractivity contribution in [3.8, 4) is 0 Å². The van der Waals surface area contributed by atoms with Gasteiger partial charge in [-0.05, 0) is 0 Å². The Labute approximate surface area is 112 Å². The first-order valence-electron chi connectivity index (χ1n) is 5.98. The van der Waals surface area contributed by atoms with Crippen LogP contribution in [0.3, 0.4) is 0 Å². The van der Waals surface area contributed by atoms with Gasteiger partial charge in [0.25, 0.3) is 0 Å². The smallest absolute Gasteiger partial charge is 0.409 e. The van der Waals surface area contributed by atoms with Gasteiger partial charge >= 0.3 is 6.09 Å². The minimum absolute atomic E-state index is 0.0877. The number of carbonyl (C=O) groups excluding carboxylic acids is 3. The van der Waals surface area contributed by atoms with E-state index in [1.807, 2.05) is 0 Å². The number of nitrogens with one attached hydrogen (secondary N) is 2. The highest BCUT2D eigenvalue weighted by molar-refractivity contribution is 5.73. The summed E-state index contributed by atoms with van der Waals surface area (Å²) in [6.07, 6.45) is -0.593. The van der Waals surface area contributed by atoms with Gasteiger partial charge in [-0.25, -0.2) is 4.79 Å². The van der Waals surface area contributed by atoms with Gasteiger partial charge in [0.05, 0.1) is 6.61 Å². The first kappa shape index (κ1) is 17.2. The van der Waals surface area contributed by atoms with Crippen LogP contribution < -0.4 is 10.6 Å². The number of ether oxygens (including phenoxy) is 1. The molecule has 0 aliphatic rings. The van der Waals surface area contributed by atoms with Gasteiger partial charge in [0.15, 0.2) is 0 Å². The molecule has 0 aromatic carbocycles. The molecule has 0 saturated heterocycles. The molecule has 0 aromatic rings. The van der Waals surface area contributed by atoms with Gasteiger partial charge < -0.3 is 25.4 Å². The van der Waals surface area contributed by atoms with Crippen molar-refractivity contribution >= 4 is 17.9 Å². The van der Waals surface area contributed by atoms with E-state index in [-0.39, 0.29) is 38.1 Å². The van der Waals surface area contributed by atoms with Crippen molar-refractivity contribution in [1.82, 2.24) is 15.5 Å². The Balaban J connectivity index is 4.16. The highest BCUT2D eigenvalue weighted by atomic mass is 16.6. The molecule has 0 unspecified atom stereocenters. The zero-order valence-electron chi connectivity index (χ0n) is 11.3. The molecule has 8 nitrogen and oxygen atoms in total. The zero-order chi connectivity index (χ0) is 14.7. The van der Waals surface area contributed by atoms with Crippen molar-refractivity contribution in [2.75, 3.05) is 39.4 Å². The Bertz CT molecular complexity index is 289. The van der Waals surface area contributed by atoms with Gasteiger partial charge in [0.2, 0.25) is 11.8 Å². The molecule has 0 atom stereocenters. The second-order valence-corrected chi connectivity index (χ2v) is 3.79. The third-order valence-electron chi connectivity index (χ3n) is 2.09. The molecule has 0 heterocycles. The fourth-order valence-corrected chi connectivity index (χ4v) is 1.25. The summed E-state index contributed by atoms with van der Waals surface area (Å²) >= 11 is 0. The largest absolute Gasteiger partial charge is 0.447 e. The third kappa shape index (κ3) is 9.83. The van der Waals surface area contributed by atoms with Crippen molar-refractivity contribution in [2.45, 2.75) is 13.8 Å². The number of nitrogens with zero attached hydrogens (tertiary/aromatic N) is 1. The molecule has 0 radical (unpaired) electrons. The van der Waals surface area contributed by atoms with Crippen LogP contribution in [0, 0.1) is 0 Å². The number of hydrogen-bond donors (Lipinski definition) is 3. The maximum Gasteiger partial charge on any atom is 0.409 e. The van der Waals surface area contributed by atoms with E-state index in [0.717, 1.165) is 0 Å². The molecular formula is C11H21N3O5. The molecule has 0 aliphatic carbocycles. The Morgan fingerprint density at radius 1 is 1.05 bits per heavy atom. The van der Waals surface area contributed by atoms with Crippen molar-refractivity contribution in [3.63, 3.8) is 0 Å². The van der Waals surface area contributed by atoms with Crippen molar-refractivity contribution in [2.24, 2.45) is 0 Å². The lowest BCUT2D eigenvalue weighted by molar-refractivity contribution is -0.119. The van der Waals surface area contributed by atoms with Crippen molar-refractivity contribution < 1.29 is 24.2 Å². The molecule has 0 saturated carbocycles. The lowest BCUT2D eigenvalue weighted by atomic mass is 10.4. The molecule has 3 N–H and O–H groups in total. The predicted octanol–water partition coefficient (Wildman–Crippen LogP) is -1.31. The molecule has 0 spiro atoms. The molecule has 0 rings (SSSR count). The molecule has 0 aliphatic heterocycles. The lowest BCUT2D eigenvalue weighted by Gasteiger charge is -2.22. The molecule has 8 heteroatoms. The van der Waals surface area contributed by atoms with Crippen LogP contribution in [0.5, 0.6) is 0 Å². The number of aliphatic hydroxyl groups excluding tert-OH is 1. The highest BCUT2D eigenvalue weighted by Crippen LogP contribution is 1.93. The predicted molar refractivity (Wildman–Crippen MR) is 67.4 cm³/mol. The SMILES string of the molecule is CC(=O)NCCN(CCNC(C)=O)C(=O)OCCO. The van der Waals surface area contributed by atoms with Crippen LogP contribution in [0.1, 0.15) is 13.8 Å². The van der Waals surface area contributed by atoms with E-state index >= 15 is 0 Å². The number of hydrogen-bond acceptors (Lipinski definition) is 5. The summed E-state index contributed by atoms with van der Waals surface area (Å²) < 4.78 is 4.78. The second kappa shape index (κ2) is 10.1. The molecule has 19 heavy (non-hydrogen) atoms. The summed E-state index contributed by atoms with van der Waals surface area (Å²) in [4.78, 5) is 34.4. The van der Waals surface area contributed by atoms with Crippen LogP contribution in [-0.4, -0.2) is 67.3 Å². The van der Waals surface area contributed by atoms with Gasteiger partial charge in [-0.2, -0.15) is 0 Å². The van der Waals surface area contributed by atoms with E-state index in [9.17, 15) is 14.4 Å². The van der Waals surface area contributed by atoms with E-state index in [0.29, 0.717) is 13.1 Å². The number of carbonyl (C=O) groups is 3. The molecule has 3 amide bonds. The Morgan fingerprint density at radius 3 is 1.89 bits per heavy atom. The average molecular weight is 275 g/mol. The summed E-state index contributed by atoms with van der Waals surface area (Å²) in [5.74, 6) is -0.379. The molecular weight excluding hydrogens is 254 g/mol. The van der Waals surface area contributed by atoms with Crippen molar-refractivity contribution in [3.05, 3.63) is 0 Å². The zero-order valence-corrected chi connectivity index (χ0v) is 11.3. The molecule has 0 aromatic heterocycles. The van der Waals surface area contributed by atoms with Crippen LogP contribution in [0.4, 0.5) is 4.79 Å². The van der Waals surface area contributed by atoms with E-state index < -0.39 is 6.09 Å². The Hall–Kier alpha value is -1.83. The first-order chi connectivity index (χ1) is 8.97. The first-order valence-corrected chi connectivity index (χ1v) is 5.98. The lowest BCUT2D eigenvalue weighted by Crippen LogP contribution is -2.42. The Morgan fingerprint density at radius 2 is 1.53 bits per heavy atom. The van der Waals surface area contributed by atoms with Gasteiger partial charge in [-0.15, -0.1) is 0 Å². The Kier molecular flexibility index (Phi) is 9.15. The molecule has 0 fully saturated rings. The topological polar surface area (TPSA) is 108 Å². The fourth-order valence-electron chi connectivity index (χ4n) is 1.25. The summed E-state index contributed by atoms with van der Waals surface area (Å²) in [6.45, 7) is 3.55. The standard InChI is InChI=1S/C11H21N3O5/c1-9(16)12-3-5-14(6-4-13-10(2)17)11(18)19-8-7-15/h15H,3-8H2,1-2H3,(H,12,16)(H,13,17). The number of aliphatic hydroxyl groups is 1. The quantitative estimate of drug-likeness (QED) is 0.510. The van der Waals surface area contributed by atoms with Gasteiger partial charge in [-0.3, -0.25) is 9.59 Å². The van der Waals surface area contributed by atoms with Crippen LogP contribution in [-0.2, 0) is 14.3 Å². The van der Waals surface area contributed by atoms with Crippen molar-refractivity contribution in [1.29, 1.82) is 0 Å². The third-order valence-corrected chi connectivity index (χ3v) is 2.09. The fraction of sp³-hybridized carbons (Fsp3) is 0.727. The number of amides is 3. The highest BCUT2D eigenvalue weighted by Gasteiger charge is 2.14. The van der Waals surface area contributed by atoms with Gasteiger partial charge in [0, 0.05) is 40.0 Å². The average Bonchev–Trinajstić information content (AvgIpc) is 2.33. The normalized spacial score (nSPS) is 9.63. The van der Waals surface area contributed by atoms with E-state index in [1.165, 1.54) is 18.7 Å². The summed E-state index contributed by atoms with van der Waals surface area (Å²) in [7, 11) is 0. The van der Waals surface area contributed by atoms with E-state index in [1.54, 1.807) is 0 Å². The summed E-state index contributed by atoms with van der Waals surface area (Å²) in [5.41, 5.74) is 0. The van der Waals surface area contributed by atoms with Crippen LogP contribution in [0.2, 0.25) is 0 Å². The number of rotatable bonds is 8. The molecule has 0 bridgehead atoms. The van der Waals surface area contributed by atoms with Crippen LogP contribution in [0.25, 0.3) is 0 Å².